The lowest BCUT2D eigenvalue weighted by Gasteiger charge is -2.38. The van der Waals surface area contributed by atoms with E-state index in [1.807, 2.05) is 4.90 Å². The van der Waals surface area contributed by atoms with Crippen molar-refractivity contribution >= 4 is 15.8 Å². The van der Waals surface area contributed by atoms with Crippen molar-refractivity contribution in [1.82, 2.24) is 4.90 Å². The highest BCUT2D eigenvalue weighted by molar-refractivity contribution is 7.91. The van der Waals surface area contributed by atoms with Crippen LogP contribution in [0.4, 0.5) is 0 Å². The largest absolute Gasteiger partial charge is 0.480 e. The molecule has 1 aliphatic heterocycles. The third-order valence-corrected chi connectivity index (χ3v) is 6.60. The molecule has 116 valence electrons. The van der Waals surface area contributed by atoms with Crippen molar-refractivity contribution in [3.63, 3.8) is 0 Å². The Morgan fingerprint density at radius 3 is 2.40 bits per heavy atom. The van der Waals surface area contributed by atoms with Crippen LogP contribution in [0.1, 0.15) is 45.4 Å². The quantitative estimate of drug-likeness (QED) is 0.833. The van der Waals surface area contributed by atoms with Gasteiger partial charge in [0.15, 0.2) is 9.84 Å². The molecule has 0 radical (unpaired) electrons. The Kier molecular flexibility index (Phi) is 5.07. The number of carbonyl (C=O) groups is 1. The third-order valence-electron chi connectivity index (χ3n) is 4.85. The number of carboxylic acid groups (broad SMARTS) is 1. The lowest BCUT2D eigenvalue weighted by atomic mass is 9.83. The first-order chi connectivity index (χ1) is 9.39. The minimum atomic E-state index is -2.98. The van der Waals surface area contributed by atoms with Crippen LogP contribution in [0, 0.1) is 5.92 Å². The summed E-state index contributed by atoms with van der Waals surface area (Å²) in [7, 11) is -2.98. The fourth-order valence-corrected chi connectivity index (χ4v) is 5.43. The molecule has 0 spiro atoms. The average molecular weight is 303 g/mol. The fourth-order valence-electron chi connectivity index (χ4n) is 3.69. The molecule has 1 saturated heterocycles. The van der Waals surface area contributed by atoms with Crippen LogP contribution in [-0.4, -0.2) is 54.5 Å². The van der Waals surface area contributed by atoms with E-state index >= 15 is 0 Å². The summed E-state index contributed by atoms with van der Waals surface area (Å²) >= 11 is 0. The van der Waals surface area contributed by atoms with E-state index in [2.05, 4.69) is 6.92 Å². The second-order valence-electron chi connectivity index (χ2n) is 6.26. The van der Waals surface area contributed by atoms with Gasteiger partial charge >= 0.3 is 5.97 Å². The zero-order valence-electron chi connectivity index (χ0n) is 12.1. The lowest BCUT2D eigenvalue weighted by molar-refractivity contribution is -0.140. The molecule has 1 heterocycles. The van der Waals surface area contributed by atoms with Crippen molar-refractivity contribution in [3.05, 3.63) is 0 Å². The normalized spacial score (nSPS) is 28.6. The van der Waals surface area contributed by atoms with E-state index in [4.69, 9.17) is 5.11 Å². The average Bonchev–Trinajstić information content (AvgIpc) is 2.76. The van der Waals surface area contributed by atoms with Gasteiger partial charge in [-0.1, -0.05) is 19.3 Å². The van der Waals surface area contributed by atoms with Gasteiger partial charge in [-0.15, -0.1) is 0 Å². The molecule has 5 nitrogen and oxygen atoms in total. The van der Waals surface area contributed by atoms with Crippen molar-refractivity contribution in [2.75, 3.05) is 18.1 Å². The van der Waals surface area contributed by atoms with Gasteiger partial charge in [0.2, 0.25) is 0 Å². The number of carboxylic acids is 1. The molecule has 2 aliphatic rings. The highest BCUT2D eigenvalue weighted by atomic mass is 32.2. The first-order valence-corrected chi connectivity index (χ1v) is 9.39. The lowest BCUT2D eigenvalue weighted by Crippen LogP contribution is -2.48. The van der Waals surface area contributed by atoms with Crippen LogP contribution in [0.25, 0.3) is 0 Å². The Balaban J connectivity index is 2.08. The molecular formula is C14H25NO4S. The van der Waals surface area contributed by atoms with E-state index in [9.17, 15) is 13.2 Å². The van der Waals surface area contributed by atoms with Gasteiger partial charge < -0.3 is 5.11 Å². The molecule has 1 N–H and O–H groups in total. The molecule has 0 aromatic rings. The Labute approximate surface area is 121 Å². The standard InChI is InChI=1S/C14H25NO4S/c1-11(12-5-3-2-4-6-12)15(9-14(16)17)13-7-8-20(18,19)10-13/h11-13H,2-10H2,1H3,(H,16,17). The smallest absolute Gasteiger partial charge is 0.317 e. The molecule has 0 aromatic heterocycles. The van der Waals surface area contributed by atoms with Crippen LogP contribution in [0.5, 0.6) is 0 Å². The van der Waals surface area contributed by atoms with Crippen molar-refractivity contribution in [2.45, 2.75) is 57.5 Å². The number of rotatable bonds is 5. The number of aliphatic carboxylic acids is 1. The first-order valence-electron chi connectivity index (χ1n) is 7.57. The monoisotopic (exact) mass is 303 g/mol. The van der Waals surface area contributed by atoms with Gasteiger partial charge in [0.1, 0.15) is 0 Å². The molecule has 2 atom stereocenters. The maximum Gasteiger partial charge on any atom is 0.317 e. The van der Waals surface area contributed by atoms with Crippen molar-refractivity contribution in [2.24, 2.45) is 5.92 Å². The highest BCUT2D eigenvalue weighted by Gasteiger charge is 2.37. The SMILES string of the molecule is CC(C1CCCCC1)N(CC(=O)O)C1CCS(=O)(=O)C1. The van der Waals surface area contributed by atoms with Crippen LogP contribution in [0.2, 0.25) is 0 Å². The van der Waals surface area contributed by atoms with E-state index in [-0.39, 0.29) is 30.1 Å². The topological polar surface area (TPSA) is 74.7 Å². The minimum Gasteiger partial charge on any atom is -0.480 e. The summed E-state index contributed by atoms with van der Waals surface area (Å²) < 4.78 is 23.3. The Hall–Kier alpha value is -0.620. The zero-order chi connectivity index (χ0) is 14.8. The number of nitrogens with zero attached hydrogens (tertiary/aromatic N) is 1. The van der Waals surface area contributed by atoms with E-state index < -0.39 is 15.8 Å². The summed E-state index contributed by atoms with van der Waals surface area (Å²) in [6.45, 7) is 2.03. The Morgan fingerprint density at radius 1 is 1.25 bits per heavy atom. The van der Waals surface area contributed by atoms with Crippen LogP contribution < -0.4 is 0 Å². The van der Waals surface area contributed by atoms with E-state index in [0.29, 0.717) is 12.3 Å². The second-order valence-corrected chi connectivity index (χ2v) is 8.49. The third kappa shape index (κ3) is 3.95. The number of hydrogen-bond acceptors (Lipinski definition) is 4. The van der Waals surface area contributed by atoms with Crippen LogP contribution >= 0.6 is 0 Å². The molecule has 0 amide bonds. The summed E-state index contributed by atoms with van der Waals surface area (Å²) in [5, 5.41) is 9.13. The van der Waals surface area contributed by atoms with Gasteiger partial charge in [-0.3, -0.25) is 9.69 Å². The van der Waals surface area contributed by atoms with E-state index in [1.165, 1.54) is 19.3 Å². The fraction of sp³-hybridized carbons (Fsp3) is 0.929. The van der Waals surface area contributed by atoms with Gasteiger partial charge in [-0.2, -0.15) is 0 Å². The molecule has 6 heteroatoms. The summed E-state index contributed by atoms with van der Waals surface area (Å²) in [5.41, 5.74) is 0. The molecule has 1 saturated carbocycles. The van der Waals surface area contributed by atoms with Gasteiger partial charge in [0.05, 0.1) is 18.1 Å². The maximum atomic E-state index is 11.7. The first kappa shape index (κ1) is 15.8. The van der Waals surface area contributed by atoms with Crippen molar-refractivity contribution < 1.29 is 18.3 Å². The molecule has 1 aliphatic carbocycles. The summed E-state index contributed by atoms with van der Waals surface area (Å²) in [4.78, 5) is 13.1. The number of sulfone groups is 1. The Bertz CT molecular complexity index is 442. The van der Waals surface area contributed by atoms with Crippen LogP contribution in [-0.2, 0) is 14.6 Å². The number of hydrogen-bond donors (Lipinski definition) is 1. The van der Waals surface area contributed by atoms with Gasteiger partial charge in [-0.25, -0.2) is 8.42 Å². The highest BCUT2D eigenvalue weighted by Crippen LogP contribution is 2.31. The molecule has 0 aromatic carbocycles. The molecule has 2 rings (SSSR count). The molecule has 2 unspecified atom stereocenters. The summed E-state index contributed by atoms with van der Waals surface area (Å²) in [5.74, 6) is -0.0361. The van der Waals surface area contributed by atoms with Gasteiger partial charge in [0, 0.05) is 12.1 Å². The van der Waals surface area contributed by atoms with Gasteiger partial charge in [0.25, 0.3) is 0 Å². The van der Waals surface area contributed by atoms with Crippen molar-refractivity contribution in [1.29, 1.82) is 0 Å². The van der Waals surface area contributed by atoms with Gasteiger partial charge in [-0.05, 0) is 32.1 Å². The predicted octanol–water partition coefficient (Wildman–Crippen LogP) is 1.53. The predicted molar refractivity (Wildman–Crippen MR) is 77.4 cm³/mol. The van der Waals surface area contributed by atoms with E-state index in [0.717, 1.165) is 12.8 Å². The maximum absolute atomic E-state index is 11.7. The Morgan fingerprint density at radius 2 is 1.90 bits per heavy atom. The molecule has 20 heavy (non-hydrogen) atoms. The zero-order valence-corrected chi connectivity index (χ0v) is 12.9. The van der Waals surface area contributed by atoms with Crippen LogP contribution in [0.3, 0.4) is 0 Å². The second kappa shape index (κ2) is 6.43. The summed E-state index contributed by atoms with van der Waals surface area (Å²) in [6, 6.07) is 0.0396. The molecule has 2 fully saturated rings. The van der Waals surface area contributed by atoms with Crippen LogP contribution in [0.15, 0.2) is 0 Å². The molecular weight excluding hydrogens is 278 g/mol. The minimum absolute atomic E-state index is 0.0438. The summed E-state index contributed by atoms with van der Waals surface area (Å²) in [6.07, 6.45) is 6.53. The van der Waals surface area contributed by atoms with E-state index in [1.54, 1.807) is 0 Å². The molecule has 0 bridgehead atoms. The van der Waals surface area contributed by atoms with Crippen molar-refractivity contribution in [3.8, 4) is 0 Å².